The molecule has 0 aliphatic carbocycles. The van der Waals surface area contributed by atoms with Crippen LogP contribution in [0.1, 0.15) is 0 Å². The van der Waals surface area contributed by atoms with Gasteiger partial charge in [-0.05, 0) is 119 Å². The Kier molecular flexibility index (Phi) is 8.56. The van der Waals surface area contributed by atoms with E-state index in [2.05, 4.69) is 241 Å². The molecule has 11 rings (SSSR count). The average Bonchev–Trinajstić information content (AvgIpc) is 3.31. The predicted octanol–water partition coefficient (Wildman–Crippen LogP) is 16.4. The maximum Gasteiger partial charge on any atom is 0.0540 e. The summed E-state index contributed by atoms with van der Waals surface area (Å²) in [7, 11) is 0. The third kappa shape index (κ3) is 6.12. The quantitative estimate of drug-likeness (QED) is 0.147. The monoisotopic (exact) mass is 749 g/mol. The summed E-state index contributed by atoms with van der Waals surface area (Å²) in [6, 6.07) is 86.3. The van der Waals surface area contributed by atoms with Gasteiger partial charge in [0.25, 0.3) is 0 Å². The van der Waals surface area contributed by atoms with Gasteiger partial charge >= 0.3 is 0 Å². The van der Waals surface area contributed by atoms with Crippen LogP contribution in [0.15, 0.2) is 237 Å². The molecule has 0 aliphatic heterocycles. The summed E-state index contributed by atoms with van der Waals surface area (Å²) in [6.07, 6.45) is 0. The average molecular weight is 750 g/mol. The van der Waals surface area contributed by atoms with E-state index in [9.17, 15) is 0 Å². The van der Waals surface area contributed by atoms with Crippen molar-refractivity contribution >= 4 is 60.2 Å². The number of benzene rings is 11. The van der Waals surface area contributed by atoms with Gasteiger partial charge in [-0.15, -0.1) is 0 Å². The highest BCUT2D eigenvalue weighted by Crippen LogP contribution is 2.47. The van der Waals surface area contributed by atoms with E-state index in [4.69, 9.17) is 0 Å². The first-order chi connectivity index (χ1) is 29.3. The van der Waals surface area contributed by atoms with Crippen molar-refractivity contribution in [3.8, 4) is 44.5 Å². The first kappa shape index (κ1) is 34.5. The summed E-state index contributed by atoms with van der Waals surface area (Å²) in [5, 5.41) is 9.91. The van der Waals surface area contributed by atoms with Crippen LogP contribution in [-0.2, 0) is 0 Å². The van der Waals surface area contributed by atoms with Crippen molar-refractivity contribution in [3.63, 3.8) is 0 Å². The van der Waals surface area contributed by atoms with E-state index in [-0.39, 0.29) is 0 Å². The highest BCUT2D eigenvalue weighted by atomic mass is 15.1. The minimum Gasteiger partial charge on any atom is -0.310 e. The van der Waals surface area contributed by atoms with Gasteiger partial charge in [-0.25, -0.2) is 0 Å². The van der Waals surface area contributed by atoms with Crippen molar-refractivity contribution in [3.05, 3.63) is 237 Å². The van der Waals surface area contributed by atoms with Gasteiger partial charge in [-0.2, -0.15) is 0 Å². The maximum absolute atomic E-state index is 2.43. The lowest BCUT2D eigenvalue weighted by atomic mass is 9.84. The fourth-order valence-electron chi connectivity index (χ4n) is 9.12. The molecule has 11 aromatic rings. The molecule has 1 nitrogen and oxygen atoms in total. The van der Waals surface area contributed by atoms with E-state index in [0.29, 0.717) is 0 Å². The summed E-state index contributed by atoms with van der Waals surface area (Å²) in [5.74, 6) is 0. The van der Waals surface area contributed by atoms with Gasteiger partial charge in [-0.1, -0.05) is 200 Å². The zero-order valence-electron chi connectivity index (χ0n) is 32.5. The molecule has 0 N–H and O–H groups in total. The molecule has 276 valence electrons. The van der Waals surface area contributed by atoms with Crippen LogP contribution >= 0.6 is 0 Å². The SMILES string of the molecule is c1ccc(-c2c(-c3ccccc3)c3cc(-c4cccc(N(c5cccc(-c6cccc7ccccc67)c5)c5cccc6ccccc56)c4)ccc3c3ccccc23)cc1. The zero-order chi connectivity index (χ0) is 39.1. The van der Waals surface area contributed by atoms with Crippen LogP contribution in [0.4, 0.5) is 17.1 Å². The lowest BCUT2D eigenvalue weighted by molar-refractivity contribution is 1.30. The predicted molar refractivity (Wildman–Crippen MR) is 253 cm³/mol. The van der Waals surface area contributed by atoms with Crippen molar-refractivity contribution in [2.24, 2.45) is 0 Å². The van der Waals surface area contributed by atoms with Crippen molar-refractivity contribution in [2.75, 3.05) is 4.90 Å². The van der Waals surface area contributed by atoms with Crippen LogP contribution in [0.3, 0.4) is 0 Å². The topological polar surface area (TPSA) is 3.24 Å². The van der Waals surface area contributed by atoms with Gasteiger partial charge < -0.3 is 4.90 Å². The Morgan fingerprint density at radius 3 is 1.41 bits per heavy atom. The summed E-state index contributed by atoms with van der Waals surface area (Å²) in [5.41, 5.74) is 13.0. The molecule has 0 saturated carbocycles. The lowest BCUT2D eigenvalue weighted by Gasteiger charge is -2.28. The molecule has 1 heteroatoms. The molecule has 0 unspecified atom stereocenters. The Hall–Kier alpha value is -7.74. The number of fused-ring (bicyclic) bond motifs is 5. The van der Waals surface area contributed by atoms with Gasteiger partial charge in [0.05, 0.1) is 5.69 Å². The molecule has 0 bridgehead atoms. The molecule has 0 amide bonds. The largest absolute Gasteiger partial charge is 0.310 e. The maximum atomic E-state index is 2.43. The van der Waals surface area contributed by atoms with Crippen molar-refractivity contribution in [1.82, 2.24) is 0 Å². The van der Waals surface area contributed by atoms with Gasteiger partial charge in [0, 0.05) is 16.8 Å². The van der Waals surface area contributed by atoms with Crippen LogP contribution < -0.4 is 4.90 Å². The minimum absolute atomic E-state index is 1.10. The van der Waals surface area contributed by atoms with Crippen molar-refractivity contribution in [2.45, 2.75) is 0 Å². The van der Waals surface area contributed by atoms with E-state index in [1.807, 2.05) is 0 Å². The fraction of sp³-hybridized carbons (Fsp3) is 0. The summed E-state index contributed by atoms with van der Waals surface area (Å²) < 4.78 is 0. The third-order valence-electron chi connectivity index (χ3n) is 11.8. The van der Waals surface area contributed by atoms with Crippen LogP contribution in [0, 0.1) is 0 Å². The molecule has 0 radical (unpaired) electrons. The standard InChI is InChI=1S/C58H39N/c1-3-19-42(20-4-1)57-54-32-12-11-31-52(54)53-36-35-45(39-55(53)58(57)43-21-5-2-6-22-43)44-25-13-27-47(37-44)59(56-34-16-24-41-18-8-10-30-51(41)56)48-28-14-26-46(38-48)50-33-15-23-40-17-7-9-29-49(40)50/h1-39H. The molecule has 0 aromatic heterocycles. The van der Waals surface area contributed by atoms with E-state index in [0.717, 1.165) is 22.6 Å². The summed E-state index contributed by atoms with van der Waals surface area (Å²) in [4.78, 5) is 2.43. The summed E-state index contributed by atoms with van der Waals surface area (Å²) in [6.45, 7) is 0. The second-order valence-electron chi connectivity index (χ2n) is 15.2. The van der Waals surface area contributed by atoms with Gasteiger partial charge in [0.1, 0.15) is 0 Å². The molecule has 0 aliphatic rings. The Morgan fingerprint density at radius 1 is 0.237 bits per heavy atom. The minimum atomic E-state index is 1.10. The van der Waals surface area contributed by atoms with E-state index in [1.54, 1.807) is 0 Å². The highest BCUT2D eigenvalue weighted by Gasteiger charge is 2.20. The molecule has 59 heavy (non-hydrogen) atoms. The van der Waals surface area contributed by atoms with Crippen molar-refractivity contribution < 1.29 is 0 Å². The fourth-order valence-corrected chi connectivity index (χ4v) is 9.12. The number of nitrogens with zero attached hydrogens (tertiary/aromatic N) is 1. The number of hydrogen-bond donors (Lipinski definition) is 0. The molecule has 0 spiro atoms. The zero-order valence-corrected chi connectivity index (χ0v) is 32.5. The number of anilines is 3. The second-order valence-corrected chi connectivity index (χ2v) is 15.2. The molecule has 0 fully saturated rings. The molecule has 0 heterocycles. The molecular weight excluding hydrogens is 711 g/mol. The molecule has 0 atom stereocenters. The number of hydrogen-bond acceptors (Lipinski definition) is 1. The summed E-state index contributed by atoms with van der Waals surface area (Å²) >= 11 is 0. The second kappa shape index (κ2) is 14.6. The Morgan fingerprint density at radius 2 is 0.695 bits per heavy atom. The molecule has 11 aromatic carbocycles. The smallest absolute Gasteiger partial charge is 0.0540 e. The lowest BCUT2D eigenvalue weighted by Crippen LogP contribution is -2.10. The van der Waals surface area contributed by atoms with Gasteiger partial charge in [-0.3, -0.25) is 0 Å². The third-order valence-corrected chi connectivity index (χ3v) is 11.8. The Labute approximate surface area is 344 Å². The molecule has 0 saturated heterocycles. The van der Waals surface area contributed by atoms with Crippen LogP contribution in [-0.4, -0.2) is 0 Å². The van der Waals surface area contributed by atoms with E-state index >= 15 is 0 Å². The van der Waals surface area contributed by atoms with E-state index < -0.39 is 0 Å². The Bertz CT molecular complexity index is 3320. The first-order valence-corrected chi connectivity index (χ1v) is 20.3. The highest BCUT2D eigenvalue weighted by molar-refractivity contribution is 6.22. The number of rotatable bonds is 7. The van der Waals surface area contributed by atoms with Gasteiger partial charge in [0.15, 0.2) is 0 Å². The van der Waals surface area contributed by atoms with Crippen LogP contribution in [0.2, 0.25) is 0 Å². The van der Waals surface area contributed by atoms with Crippen LogP contribution in [0.25, 0.3) is 87.6 Å². The van der Waals surface area contributed by atoms with E-state index in [1.165, 1.54) is 82.0 Å². The van der Waals surface area contributed by atoms with Crippen LogP contribution in [0.5, 0.6) is 0 Å². The Balaban J connectivity index is 1.13. The van der Waals surface area contributed by atoms with Gasteiger partial charge in [0.2, 0.25) is 0 Å². The molecular formula is C58H39N. The van der Waals surface area contributed by atoms with Crippen molar-refractivity contribution in [1.29, 1.82) is 0 Å². The first-order valence-electron chi connectivity index (χ1n) is 20.3. The normalized spacial score (nSPS) is 11.4.